The van der Waals surface area contributed by atoms with Crippen molar-refractivity contribution in [3.8, 4) is 0 Å². The fraction of sp³-hybridized carbons (Fsp3) is 0.250. The van der Waals surface area contributed by atoms with Gasteiger partial charge in [0.15, 0.2) is 11.8 Å². The molecule has 0 aromatic carbocycles. The molecule has 7 heteroatoms. The topological polar surface area (TPSA) is 82.3 Å². The van der Waals surface area contributed by atoms with E-state index in [4.69, 9.17) is 11.6 Å². The summed E-state index contributed by atoms with van der Waals surface area (Å²) in [4.78, 5) is 24.5. The average molecular weight is 231 g/mol. The molecule has 0 N–H and O–H groups in total. The molecule has 0 atom stereocenters. The number of pyridine rings is 1. The van der Waals surface area contributed by atoms with E-state index in [1.54, 1.807) is 6.92 Å². The van der Waals surface area contributed by atoms with Gasteiger partial charge in [0.1, 0.15) is 0 Å². The summed E-state index contributed by atoms with van der Waals surface area (Å²) >= 11 is 5.57. The third kappa shape index (κ3) is 2.63. The van der Waals surface area contributed by atoms with Gasteiger partial charge in [0.05, 0.1) is 11.6 Å². The van der Waals surface area contributed by atoms with Crippen LogP contribution in [0, 0.1) is 10.1 Å². The van der Waals surface area contributed by atoms with Crippen molar-refractivity contribution in [2.45, 2.75) is 6.92 Å². The molecule has 80 valence electrons. The molecule has 0 bridgehead atoms. The SMILES string of the molecule is CCOC(=O)c1cc(Cl)cnc1[N+](=O)[O-]. The molecule has 0 saturated carbocycles. The highest BCUT2D eigenvalue weighted by molar-refractivity contribution is 6.30. The van der Waals surface area contributed by atoms with Gasteiger partial charge in [-0.2, -0.15) is 0 Å². The molecule has 0 saturated heterocycles. The summed E-state index contributed by atoms with van der Waals surface area (Å²) in [5, 5.41) is 10.7. The van der Waals surface area contributed by atoms with Crippen LogP contribution in [0.15, 0.2) is 12.3 Å². The maximum atomic E-state index is 11.3. The smallest absolute Gasteiger partial charge is 0.378 e. The molecule has 15 heavy (non-hydrogen) atoms. The summed E-state index contributed by atoms with van der Waals surface area (Å²) < 4.78 is 4.63. The van der Waals surface area contributed by atoms with Gasteiger partial charge in [-0.05, 0) is 22.9 Å². The first-order valence-corrected chi connectivity index (χ1v) is 4.41. The molecule has 0 aliphatic carbocycles. The van der Waals surface area contributed by atoms with Crippen molar-refractivity contribution < 1.29 is 14.5 Å². The minimum atomic E-state index is -0.806. The highest BCUT2D eigenvalue weighted by Crippen LogP contribution is 2.20. The monoisotopic (exact) mass is 230 g/mol. The van der Waals surface area contributed by atoms with E-state index in [0.717, 1.165) is 12.3 Å². The zero-order chi connectivity index (χ0) is 11.4. The summed E-state index contributed by atoms with van der Waals surface area (Å²) in [6.07, 6.45) is 1.10. The van der Waals surface area contributed by atoms with Gasteiger partial charge in [-0.15, -0.1) is 0 Å². The Morgan fingerprint density at radius 3 is 2.93 bits per heavy atom. The number of hydrogen-bond acceptors (Lipinski definition) is 5. The number of carbonyl (C=O) groups is 1. The zero-order valence-corrected chi connectivity index (χ0v) is 8.52. The van der Waals surface area contributed by atoms with Crippen LogP contribution in [0.5, 0.6) is 0 Å². The van der Waals surface area contributed by atoms with Crippen molar-refractivity contribution in [1.29, 1.82) is 0 Å². The molecule has 1 aromatic rings. The van der Waals surface area contributed by atoms with Gasteiger partial charge in [0.2, 0.25) is 0 Å². The highest BCUT2D eigenvalue weighted by atomic mass is 35.5. The number of nitrogens with zero attached hydrogens (tertiary/aromatic N) is 2. The summed E-state index contributed by atoms with van der Waals surface area (Å²) in [6, 6.07) is 1.16. The first kappa shape index (κ1) is 11.4. The molecule has 0 aliphatic rings. The Bertz CT molecular complexity index is 408. The van der Waals surface area contributed by atoms with Gasteiger partial charge >= 0.3 is 11.8 Å². The van der Waals surface area contributed by atoms with E-state index in [-0.39, 0.29) is 17.2 Å². The number of hydrogen-bond donors (Lipinski definition) is 0. The van der Waals surface area contributed by atoms with Crippen molar-refractivity contribution >= 4 is 23.4 Å². The first-order chi connectivity index (χ1) is 7.06. The van der Waals surface area contributed by atoms with Gasteiger partial charge in [0.25, 0.3) is 0 Å². The zero-order valence-electron chi connectivity index (χ0n) is 7.77. The van der Waals surface area contributed by atoms with E-state index in [9.17, 15) is 14.9 Å². The third-order valence-electron chi connectivity index (χ3n) is 1.50. The Morgan fingerprint density at radius 2 is 2.40 bits per heavy atom. The van der Waals surface area contributed by atoms with Crippen LogP contribution >= 0.6 is 11.6 Å². The highest BCUT2D eigenvalue weighted by Gasteiger charge is 2.23. The first-order valence-electron chi connectivity index (χ1n) is 4.03. The van der Waals surface area contributed by atoms with Crippen LogP contribution in [0.4, 0.5) is 5.82 Å². The molecule has 0 fully saturated rings. The predicted octanol–water partition coefficient (Wildman–Crippen LogP) is 1.82. The second kappa shape index (κ2) is 4.70. The average Bonchev–Trinajstić information content (AvgIpc) is 2.17. The van der Waals surface area contributed by atoms with Gasteiger partial charge in [-0.25, -0.2) is 4.79 Å². The summed E-state index contributed by atoms with van der Waals surface area (Å²) in [5.41, 5.74) is -0.241. The van der Waals surface area contributed by atoms with Gasteiger partial charge in [0, 0.05) is 0 Å². The Labute approximate surface area is 90.0 Å². The van der Waals surface area contributed by atoms with Crippen molar-refractivity contribution in [1.82, 2.24) is 4.98 Å². The minimum absolute atomic E-state index is 0.127. The molecule has 1 heterocycles. The van der Waals surface area contributed by atoms with Crippen molar-refractivity contribution in [2.75, 3.05) is 6.61 Å². The number of esters is 1. The van der Waals surface area contributed by atoms with E-state index in [1.165, 1.54) is 0 Å². The summed E-state index contributed by atoms with van der Waals surface area (Å²) in [5.74, 6) is -1.36. The number of nitro groups is 1. The van der Waals surface area contributed by atoms with Gasteiger partial charge < -0.3 is 14.9 Å². The van der Waals surface area contributed by atoms with Crippen LogP contribution in [-0.2, 0) is 4.74 Å². The van der Waals surface area contributed by atoms with Crippen molar-refractivity contribution in [2.24, 2.45) is 0 Å². The molecule has 1 rings (SSSR count). The largest absolute Gasteiger partial charge is 0.462 e. The fourth-order valence-corrected chi connectivity index (χ4v) is 1.09. The van der Waals surface area contributed by atoms with E-state index in [1.807, 2.05) is 0 Å². The van der Waals surface area contributed by atoms with Crippen molar-refractivity contribution in [3.63, 3.8) is 0 Å². The number of aromatic nitrogens is 1. The molecular formula is C8H7ClN2O4. The number of rotatable bonds is 3. The fourth-order valence-electron chi connectivity index (χ4n) is 0.937. The number of halogens is 1. The normalized spacial score (nSPS) is 9.73. The quantitative estimate of drug-likeness (QED) is 0.449. The van der Waals surface area contributed by atoms with Crippen LogP contribution in [0.3, 0.4) is 0 Å². The summed E-state index contributed by atoms with van der Waals surface area (Å²) in [6.45, 7) is 1.73. The van der Waals surface area contributed by atoms with Crippen LogP contribution < -0.4 is 0 Å². The second-order valence-electron chi connectivity index (χ2n) is 2.50. The van der Waals surface area contributed by atoms with Gasteiger partial charge in [-0.1, -0.05) is 11.6 Å². The number of ether oxygens (including phenoxy) is 1. The van der Waals surface area contributed by atoms with Gasteiger partial charge in [-0.3, -0.25) is 0 Å². The molecule has 0 radical (unpaired) electrons. The Hall–Kier alpha value is -1.69. The second-order valence-corrected chi connectivity index (χ2v) is 2.94. The Balaban J connectivity index is 3.18. The van der Waals surface area contributed by atoms with Crippen LogP contribution in [0.1, 0.15) is 17.3 Å². The standard InChI is InChI=1S/C8H7ClN2O4/c1-2-15-8(12)6-3-5(9)4-10-7(6)11(13)14/h3-4H,2H2,1H3. The molecule has 6 nitrogen and oxygen atoms in total. The number of carbonyl (C=O) groups excluding carboxylic acids is 1. The third-order valence-corrected chi connectivity index (χ3v) is 1.71. The minimum Gasteiger partial charge on any atom is -0.462 e. The maximum absolute atomic E-state index is 11.3. The molecular weight excluding hydrogens is 224 g/mol. The van der Waals surface area contributed by atoms with E-state index >= 15 is 0 Å². The molecule has 0 unspecified atom stereocenters. The van der Waals surface area contributed by atoms with Crippen LogP contribution in [-0.4, -0.2) is 22.5 Å². The molecule has 1 aromatic heterocycles. The van der Waals surface area contributed by atoms with Crippen LogP contribution in [0.25, 0.3) is 0 Å². The van der Waals surface area contributed by atoms with E-state index < -0.39 is 16.7 Å². The van der Waals surface area contributed by atoms with Crippen LogP contribution in [0.2, 0.25) is 5.02 Å². The molecule has 0 spiro atoms. The summed E-state index contributed by atoms with van der Waals surface area (Å²) in [7, 11) is 0. The lowest BCUT2D eigenvalue weighted by Crippen LogP contribution is -2.09. The Morgan fingerprint density at radius 1 is 1.73 bits per heavy atom. The lowest BCUT2D eigenvalue weighted by Gasteiger charge is -2.02. The lowest BCUT2D eigenvalue weighted by atomic mass is 10.2. The van der Waals surface area contributed by atoms with E-state index in [0.29, 0.717) is 0 Å². The molecule has 0 aliphatic heterocycles. The maximum Gasteiger partial charge on any atom is 0.378 e. The lowest BCUT2D eigenvalue weighted by molar-refractivity contribution is -0.389. The predicted molar refractivity (Wildman–Crippen MR) is 51.9 cm³/mol. The van der Waals surface area contributed by atoms with E-state index in [2.05, 4.69) is 9.72 Å². The van der Waals surface area contributed by atoms with Crippen molar-refractivity contribution in [3.05, 3.63) is 33.0 Å². The Kier molecular flexibility index (Phi) is 3.56. The molecule has 0 amide bonds.